The second-order valence-corrected chi connectivity index (χ2v) is 7.81. The lowest BCUT2D eigenvalue weighted by molar-refractivity contribution is -0.145. The second-order valence-electron chi connectivity index (χ2n) is 7.81. The highest BCUT2D eigenvalue weighted by Gasteiger charge is 2.32. The molecular formula is C19H33N7O9. The fourth-order valence-electron chi connectivity index (χ4n) is 2.73. The third kappa shape index (κ3) is 12.9. The molecule has 35 heavy (non-hydrogen) atoms. The van der Waals surface area contributed by atoms with Crippen LogP contribution in [0.3, 0.4) is 0 Å². The van der Waals surface area contributed by atoms with E-state index in [4.69, 9.17) is 28.0 Å². The number of carbonyl (C=O) groups excluding carboxylic acids is 6. The summed E-state index contributed by atoms with van der Waals surface area (Å²) >= 11 is 0. The van der Waals surface area contributed by atoms with Gasteiger partial charge in [0.05, 0.1) is 12.1 Å². The van der Waals surface area contributed by atoms with Crippen LogP contribution in [-0.4, -0.2) is 81.9 Å². The molecule has 198 valence electrons. The maximum absolute atomic E-state index is 12.8. The van der Waals surface area contributed by atoms with Crippen LogP contribution < -0.4 is 38.9 Å². The molecule has 0 bridgehead atoms. The van der Waals surface area contributed by atoms with Crippen molar-refractivity contribution in [3.8, 4) is 0 Å². The van der Waals surface area contributed by atoms with Crippen molar-refractivity contribution in [2.24, 2.45) is 22.9 Å². The molecule has 0 aliphatic carbocycles. The zero-order valence-electron chi connectivity index (χ0n) is 19.2. The summed E-state index contributed by atoms with van der Waals surface area (Å²) in [4.78, 5) is 82.3. The maximum Gasteiger partial charge on any atom is 0.328 e. The smallest absolute Gasteiger partial charge is 0.328 e. The Bertz CT molecular complexity index is 818. The molecule has 0 saturated carbocycles. The van der Waals surface area contributed by atoms with Crippen molar-refractivity contribution in [1.29, 1.82) is 0 Å². The third-order valence-electron chi connectivity index (χ3n) is 4.71. The van der Waals surface area contributed by atoms with E-state index in [1.54, 1.807) is 0 Å². The fraction of sp³-hybridized carbons (Fsp3) is 0.632. The first-order valence-electron chi connectivity index (χ1n) is 10.6. The van der Waals surface area contributed by atoms with Crippen LogP contribution in [0.2, 0.25) is 0 Å². The first-order chi connectivity index (χ1) is 16.1. The number of aliphatic carboxylic acids is 1. The van der Waals surface area contributed by atoms with Crippen molar-refractivity contribution in [2.45, 2.75) is 75.7 Å². The first-order valence-corrected chi connectivity index (χ1v) is 10.6. The van der Waals surface area contributed by atoms with E-state index in [2.05, 4.69) is 10.6 Å². The lowest BCUT2D eigenvalue weighted by Crippen LogP contribution is -2.58. The quantitative estimate of drug-likeness (QED) is 0.0910. The Morgan fingerprint density at radius 1 is 0.686 bits per heavy atom. The Morgan fingerprint density at radius 3 is 1.43 bits per heavy atom. The van der Waals surface area contributed by atoms with Crippen LogP contribution in [0.1, 0.15) is 45.4 Å². The summed E-state index contributed by atoms with van der Waals surface area (Å²) in [5.74, 6) is -6.74. The van der Waals surface area contributed by atoms with Crippen LogP contribution in [-0.2, 0) is 33.6 Å². The van der Waals surface area contributed by atoms with Gasteiger partial charge in [0.2, 0.25) is 35.4 Å². The van der Waals surface area contributed by atoms with E-state index in [-0.39, 0.29) is 38.5 Å². The maximum atomic E-state index is 12.8. The zero-order valence-corrected chi connectivity index (χ0v) is 19.2. The van der Waals surface area contributed by atoms with Gasteiger partial charge in [0.25, 0.3) is 0 Å². The topological polar surface area (TPSA) is 300 Å². The molecule has 13 N–H and O–H groups in total. The summed E-state index contributed by atoms with van der Waals surface area (Å²) in [5, 5.41) is 25.3. The molecule has 0 rings (SSSR count). The number of carboxylic acids is 1. The molecule has 5 atom stereocenters. The van der Waals surface area contributed by atoms with Gasteiger partial charge in [-0.2, -0.15) is 0 Å². The van der Waals surface area contributed by atoms with E-state index in [0.717, 1.165) is 6.92 Å². The van der Waals surface area contributed by atoms with Gasteiger partial charge >= 0.3 is 5.97 Å². The van der Waals surface area contributed by atoms with Crippen LogP contribution in [0, 0.1) is 0 Å². The number of nitrogens with one attached hydrogen (secondary N) is 3. The molecule has 0 aromatic carbocycles. The van der Waals surface area contributed by atoms with Gasteiger partial charge in [-0.1, -0.05) is 0 Å². The Morgan fingerprint density at radius 2 is 1.06 bits per heavy atom. The standard InChI is InChI=1S/C19H33N7O9/c1-8(27)15(19(34)35)26-18(33)11(4-7-14(23)30)25-17(32)10(3-6-13(22)29)24-16(31)9(20)2-5-12(21)28/h8-11,15,27H,2-7,20H2,1H3,(H2,21,28)(H2,22,29)(H2,23,30)(H,24,31)(H,25,32)(H,26,33)(H,34,35). The van der Waals surface area contributed by atoms with E-state index in [9.17, 15) is 38.7 Å². The van der Waals surface area contributed by atoms with Crippen molar-refractivity contribution in [2.75, 3.05) is 0 Å². The SMILES string of the molecule is CC(O)C(NC(=O)C(CCC(N)=O)NC(=O)C(CCC(N)=O)NC(=O)C(N)CCC(N)=O)C(=O)O. The number of carboxylic acid groups (broad SMARTS) is 1. The molecular weight excluding hydrogens is 470 g/mol. The molecule has 0 aromatic heterocycles. The minimum Gasteiger partial charge on any atom is -0.480 e. The molecule has 0 aliphatic heterocycles. The molecule has 0 radical (unpaired) electrons. The monoisotopic (exact) mass is 503 g/mol. The molecule has 0 fully saturated rings. The average Bonchev–Trinajstić information content (AvgIpc) is 2.74. The zero-order chi connectivity index (χ0) is 27.3. The van der Waals surface area contributed by atoms with Crippen molar-refractivity contribution in [1.82, 2.24) is 16.0 Å². The van der Waals surface area contributed by atoms with Gasteiger partial charge in [0.15, 0.2) is 6.04 Å². The third-order valence-corrected chi connectivity index (χ3v) is 4.71. The summed E-state index contributed by atoms with van der Waals surface area (Å²) < 4.78 is 0. The van der Waals surface area contributed by atoms with Crippen LogP contribution in [0.15, 0.2) is 0 Å². The number of nitrogens with two attached hydrogens (primary N) is 4. The molecule has 0 saturated heterocycles. The highest BCUT2D eigenvalue weighted by Crippen LogP contribution is 2.05. The number of primary amides is 3. The van der Waals surface area contributed by atoms with E-state index in [1.165, 1.54) is 0 Å². The van der Waals surface area contributed by atoms with Gasteiger partial charge in [-0.3, -0.25) is 28.8 Å². The summed E-state index contributed by atoms with van der Waals surface area (Å²) in [7, 11) is 0. The summed E-state index contributed by atoms with van der Waals surface area (Å²) in [5.41, 5.74) is 20.9. The van der Waals surface area contributed by atoms with Crippen LogP contribution in [0.5, 0.6) is 0 Å². The minimum absolute atomic E-state index is 0.120. The number of hydrogen-bond acceptors (Lipinski definition) is 9. The molecule has 0 aromatic rings. The molecule has 16 nitrogen and oxygen atoms in total. The van der Waals surface area contributed by atoms with Gasteiger partial charge in [0, 0.05) is 19.3 Å². The minimum atomic E-state index is -1.72. The summed E-state index contributed by atoms with van der Waals surface area (Å²) in [6, 6.07) is -5.84. The van der Waals surface area contributed by atoms with Crippen molar-refractivity contribution >= 4 is 41.4 Å². The van der Waals surface area contributed by atoms with E-state index < -0.39 is 71.7 Å². The van der Waals surface area contributed by atoms with Crippen molar-refractivity contribution < 1.29 is 43.8 Å². The van der Waals surface area contributed by atoms with Crippen molar-refractivity contribution in [3.63, 3.8) is 0 Å². The molecule has 6 amide bonds. The van der Waals surface area contributed by atoms with Gasteiger partial charge < -0.3 is 49.1 Å². The van der Waals surface area contributed by atoms with Gasteiger partial charge in [-0.05, 0) is 26.2 Å². The Balaban J connectivity index is 5.61. The predicted molar refractivity (Wildman–Crippen MR) is 118 cm³/mol. The number of carbonyl (C=O) groups is 7. The second kappa shape index (κ2) is 15.2. The van der Waals surface area contributed by atoms with Gasteiger partial charge in [-0.15, -0.1) is 0 Å². The Labute approximate surface area is 200 Å². The number of hydrogen-bond donors (Lipinski definition) is 9. The molecule has 0 aliphatic rings. The van der Waals surface area contributed by atoms with E-state index in [0.29, 0.717) is 0 Å². The van der Waals surface area contributed by atoms with Crippen LogP contribution >= 0.6 is 0 Å². The lowest BCUT2D eigenvalue weighted by Gasteiger charge is -2.25. The van der Waals surface area contributed by atoms with Gasteiger partial charge in [-0.25, -0.2) is 4.79 Å². The van der Waals surface area contributed by atoms with Gasteiger partial charge in [0.1, 0.15) is 12.1 Å². The normalized spacial score (nSPS) is 14.9. The molecule has 0 heterocycles. The van der Waals surface area contributed by atoms with E-state index >= 15 is 0 Å². The van der Waals surface area contributed by atoms with E-state index in [1.807, 2.05) is 5.32 Å². The predicted octanol–water partition coefficient (Wildman–Crippen LogP) is -4.97. The summed E-state index contributed by atoms with van der Waals surface area (Å²) in [6.45, 7) is 1.12. The van der Waals surface area contributed by atoms with Crippen molar-refractivity contribution in [3.05, 3.63) is 0 Å². The fourth-order valence-corrected chi connectivity index (χ4v) is 2.73. The lowest BCUT2D eigenvalue weighted by atomic mass is 10.0. The number of amides is 6. The Kier molecular flexibility index (Phi) is 13.5. The molecule has 0 spiro atoms. The molecule has 16 heteroatoms. The summed E-state index contributed by atoms with van der Waals surface area (Å²) in [6.07, 6.45) is -3.15. The number of rotatable bonds is 17. The average molecular weight is 504 g/mol. The largest absolute Gasteiger partial charge is 0.480 e. The Hall–Kier alpha value is -3.79. The highest BCUT2D eigenvalue weighted by molar-refractivity contribution is 5.94. The first kappa shape index (κ1) is 31.2. The highest BCUT2D eigenvalue weighted by atomic mass is 16.4. The van der Waals surface area contributed by atoms with Crippen LogP contribution in [0.25, 0.3) is 0 Å². The van der Waals surface area contributed by atoms with Crippen LogP contribution in [0.4, 0.5) is 0 Å². The molecule has 5 unspecified atom stereocenters. The number of aliphatic hydroxyl groups excluding tert-OH is 1. The number of aliphatic hydroxyl groups is 1.